The van der Waals surface area contributed by atoms with E-state index in [2.05, 4.69) is 25.5 Å². The smallest absolute Gasteiger partial charge is 0.253 e. The molecule has 0 bridgehead atoms. The summed E-state index contributed by atoms with van der Waals surface area (Å²) in [5.74, 6) is -0.284. The van der Waals surface area contributed by atoms with Crippen molar-refractivity contribution in [2.75, 3.05) is 13.1 Å². The number of benzene rings is 1. The summed E-state index contributed by atoms with van der Waals surface area (Å²) in [6, 6.07) is 4.45. The highest BCUT2D eigenvalue weighted by Crippen LogP contribution is 2.20. The first-order valence-corrected chi connectivity index (χ1v) is 9.99. The number of carbonyl (C=O) groups is 3. The van der Waals surface area contributed by atoms with Crippen LogP contribution in [0.25, 0.3) is 0 Å². The van der Waals surface area contributed by atoms with Crippen LogP contribution in [0.5, 0.6) is 0 Å². The van der Waals surface area contributed by atoms with Crippen LogP contribution in [0.3, 0.4) is 0 Å². The molecule has 10 heteroatoms. The molecule has 8 nitrogen and oxygen atoms in total. The molecule has 1 aliphatic heterocycles. The topological polar surface area (TPSA) is 105 Å². The van der Waals surface area contributed by atoms with Crippen LogP contribution in [0.2, 0.25) is 10.0 Å². The van der Waals surface area contributed by atoms with E-state index in [9.17, 15) is 14.4 Å². The van der Waals surface area contributed by atoms with E-state index in [-0.39, 0.29) is 29.6 Å². The monoisotopic (exact) mass is 437 g/mol. The van der Waals surface area contributed by atoms with E-state index in [1.165, 1.54) is 18.2 Å². The van der Waals surface area contributed by atoms with Gasteiger partial charge in [0.25, 0.3) is 5.91 Å². The van der Waals surface area contributed by atoms with Crippen LogP contribution in [-0.2, 0) is 29.1 Å². The Bertz CT molecular complexity index is 905. The van der Waals surface area contributed by atoms with Gasteiger partial charge in [0.05, 0.1) is 35.9 Å². The molecule has 0 fully saturated rings. The van der Waals surface area contributed by atoms with Crippen LogP contribution in [-0.4, -0.2) is 40.4 Å². The Morgan fingerprint density at radius 3 is 2.55 bits per heavy atom. The third kappa shape index (κ3) is 5.95. The van der Waals surface area contributed by atoms with Crippen molar-refractivity contribution >= 4 is 40.9 Å². The summed E-state index contributed by atoms with van der Waals surface area (Å²) < 4.78 is 2.11. The van der Waals surface area contributed by atoms with Crippen molar-refractivity contribution in [3.05, 3.63) is 51.5 Å². The summed E-state index contributed by atoms with van der Waals surface area (Å²) in [7, 11) is 0. The molecule has 2 heterocycles. The molecule has 154 valence electrons. The summed E-state index contributed by atoms with van der Waals surface area (Å²) in [6.45, 7) is 0.794. The number of halogens is 2. The number of nitrogens with one attached hydrogen (secondary N) is 3. The maximum Gasteiger partial charge on any atom is 0.253 e. The van der Waals surface area contributed by atoms with Crippen molar-refractivity contribution in [3.8, 4) is 0 Å². The molecule has 2 aromatic rings. The lowest BCUT2D eigenvalue weighted by atomic mass is 10.2. The molecule has 3 amide bonds. The fourth-order valence-electron chi connectivity index (χ4n) is 2.98. The van der Waals surface area contributed by atoms with E-state index in [1.54, 1.807) is 0 Å². The van der Waals surface area contributed by atoms with E-state index in [4.69, 9.17) is 23.2 Å². The predicted molar refractivity (Wildman–Crippen MR) is 109 cm³/mol. The van der Waals surface area contributed by atoms with Gasteiger partial charge in [-0.3, -0.25) is 14.4 Å². The molecule has 3 rings (SSSR count). The van der Waals surface area contributed by atoms with E-state index in [1.807, 2.05) is 6.20 Å². The highest BCUT2D eigenvalue weighted by atomic mass is 35.5. The molecular formula is C19H21Cl2N5O3. The molecule has 0 saturated carbocycles. The third-order valence-corrected chi connectivity index (χ3v) is 5.00. The first kappa shape index (κ1) is 21.1. The Labute approximate surface area is 178 Å². The average molecular weight is 438 g/mol. The number of amides is 3. The Morgan fingerprint density at radius 2 is 1.79 bits per heavy atom. The molecule has 0 atom stereocenters. The lowest BCUT2D eigenvalue weighted by Gasteiger charge is -2.11. The SMILES string of the molecule is O=C(CNC(=O)CNC(=O)c1ccc(Cl)cc1Cl)NCc1cn2c(n1)CCCC2. The van der Waals surface area contributed by atoms with Gasteiger partial charge >= 0.3 is 0 Å². The van der Waals surface area contributed by atoms with Crippen LogP contribution < -0.4 is 16.0 Å². The number of fused-ring (bicyclic) bond motifs is 1. The van der Waals surface area contributed by atoms with Crippen LogP contribution in [0, 0.1) is 0 Å². The second kappa shape index (κ2) is 9.76. The first-order valence-electron chi connectivity index (χ1n) is 9.24. The molecule has 1 aromatic carbocycles. The van der Waals surface area contributed by atoms with Gasteiger partial charge in [-0.1, -0.05) is 23.2 Å². The molecule has 1 aliphatic rings. The van der Waals surface area contributed by atoms with E-state index in [0.29, 0.717) is 11.6 Å². The molecule has 29 heavy (non-hydrogen) atoms. The summed E-state index contributed by atoms with van der Waals surface area (Å²) >= 11 is 11.7. The van der Waals surface area contributed by atoms with Crippen molar-refractivity contribution < 1.29 is 14.4 Å². The Hall–Kier alpha value is -2.58. The van der Waals surface area contributed by atoms with E-state index >= 15 is 0 Å². The number of nitrogens with zero attached hydrogens (tertiary/aromatic N) is 2. The maximum absolute atomic E-state index is 12.1. The molecule has 0 radical (unpaired) electrons. The van der Waals surface area contributed by atoms with Gasteiger partial charge in [-0.05, 0) is 31.0 Å². The maximum atomic E-state index is 12.1. The highest BCUT2D eigenvalue weighted by Gasteiger charge is 2.14. The number of hydrogen-bond acceptors (Lipinski definition) is 4. The minimum absolute atomic E-state index is 0.191. The van der Waals surface area contributed by atoms with Gasteiger partial charge < -0.3 is 20.5 Å². The molecule has 0 spiro atoms. The van der Waals surface area contributed by atoms with Gasteiger partial charge in [-0.25, -0.2) is 4.98 Å². The van der Waals surface area contributed by atoms with Gasteiger partial charge in [0.1, 0.15) is 5.82 Å². The summed E-state index contributed by atoms with van der Waals surface area (Å²) in [5, 5.41) is 8.22. The molecule has 0 unspecified atom stereocenters. The molecule has 1 aromatic heterocycles. The van der Waals surface area contributed by atoms with Crippen LogP contribution >= 0.6 is 23.2 Å². The average Bonchev–Trinajstić information content (AvgIpc) is 3.12. The van der Waals surface area contributed by atoms with E-state index in [0.717, 1.165) is 37.3 Å². The number of rotatable bonds is 7. The molecular weight excluding hydrogens is 417 g/mol. The van der Waals surface area contributed by atoms with Gasteiger partial charge in [-0.2, -0.15) is 0 Å². The highest BCUT2D eigenvalue weighted by molar-refractivity contribution is 6.36. The van der Waals surface area contributed by atoms with Gasteiger partial charge in [-0.15, -0.1) is 0 Å². The van der Waals surface area contributed by atoms with Crippen molar-refractivity contribution in [2.45, 2.75) is 32.4 Å². The number of aromatic nitrogens is 2. The van der Waals surface area contributed by atoms with Crippen LogP contribution in [0.15, 0.2) is 24.4 Å². The first-order chi connectivity index (χ1) is 13.9. The molecule has 3 N–H and O–H groups in total. The van der Waals surface area contributed by atoms with Gasteiger partial charge in [0.15, 0.2) is 0 Å². The van der Waals surface area contributed by atoms with E-state index < -0.39 is 11.8 Å². The minimum atomic E-state index is -0.505. The normalized spacial score (nSPS) is 12.8. The van der Waals surface area contributed by atoms with Crippen molar-refractivity contribution in [3.63, 3.8) is 0 Å². The van der Waals surface area contributed by atoms with Crippen LogP contribution in [0.1, 0.15) is 34.7 Å². The third-order valence-electron chi connectivity index (χ3n) is 4.46. The summed E-state index contributed by atoms with van der Waals surface area (Å²) in [4.78, 5) is 40.3. The Morgan fingerprint density at radius 1 is 1.03 bits per heavy atom. The molecule has 0 aliphatic carbocycles. The Balaban J connectivity index is 1.37. The number of hydrogen-bond donors (Lipinski definition) is 3. The van der Waals surface area contributed by atoms with Crippen molar-refractivity contribution in [1.29, 1.82) is 0 Å². The zero-order valence-corrected chi connectivity index (χ0v) is 17.1. The predicted octanol–water partition coefficient (Wildman–Crippen LogP) is 1.69. The number of aryl methyl sites for hydroxylation is 2. The Kier molecular flexibility index (Phi) is 7.11. The summed E-state index contributed by atoms with van der Waals surface area (Å²) in [6.07, 6.45) is 5.18. The van der Waals surface area contributed by atoms with Gasteiger partial charge in [0, 0.05) is 24.2 Å². The summed E-state index contributed by atoms with van der Waals surface area (Å²) in [5.41, 5.74) is 1.01. The second-order valence-corrected chi connectivity index (χ2v) is 7.50. The minimum Gasteiger partial charge on any atom is -0.349 e. The number of carbonyl (C=O) groups excluding carboxylic acids is 3. The fraction of sp³-hybridized carbons (Fsp3) is 0.368. The van der Waals surface area contributed by atoms with Crippen molar-refractivity contribution in [2.24, 2.45) is 0 Å². The molecule has 0 saturated heterocycles. The second-order valence-electron chi connectivity index (χ2n) is 6.66. The fourth-order valence-corrected chi connectivity index (χ4v) is 3.47. The lowest BCUT2D eigenvalue weighted by molar-refractivity contribution is -0.125. The number of imidazole rings is 1. The van der Waals surface area contributed by atoms with Crippen molar-refractivity contribution in [1.82, 2.24) is 25.5 Å². The zero-order valence-electron chi connectivity index (χ0n) is 15.6. The largest absolute Gasteiger partial charge is 0.349 e. The van der Waals surface area contributed by atoms with Gasteiger partial charge in [0.2, 0.25) is 11.8 Å². The lowest BCUT2D eigenvalue weighted by Crippen LogP contribution is -2.41. The quantitative estimate of drug-likeness (QED) is 0.612. The standard InChI is InChI=1S/C19H21Cl2N5O3/c20-12-4-5-14(15(21)7-12)19(29)24-10-18(28)23-9-17(27)22-8-13-11-26-6-2-1-3-16(26)25-13/h4-5,7,11H,1-3,6,8-10H2,(H,22,27)(H,23,28)(H,24,29). The van der Waals surface area contributed by atoms with Crippen LogP contribution in [0.4, 0.5) is 0 Å². The zero-order chi connectivity index (χ0) is 20.8.